The van der Waals surface area contributed by atoms with Crippen molar-refractivity contribution in [1.29, 1.82) is 0 Å². The summed E-state index contributed by atoms with van der Waals surface area (Å²) < 4.78 is 8.23. The third kappa shape index (κ3) is 5.40. The molecule has 8 nitrogen and oxygen atoms in total. The summed E-state index contributed by atoms with van der Waals surface area (Å²) in [6, 6.07) is 24.8. The summed E-state index contributed by atoms with van der Waals surface area (Å²) in [4.78, 5) is 19.4. The lowest BCUT2D eigenvalue weighted by molar-refractivity contribution is -0.384. The number of aromatic nitrogens is 2. The van der Waals surface area contributed by atoms with Gasteiger partial charge >= 0.3 is 0 Å². The minimum atomic E-state index is -0.387. The van der Waals surface area contributed by atoms with Gasteiger partial charge < -0.3 is 19.5 Å². The Labute approximate surface area is 236 Å². The largest absolute Gasteiger partial charge is 0.376 e. The molecule has 1 N–H and O–H groups in total. The molecule has 4 aromatic rings. The van der Waals surface area contributed by atoms with Gasteiger partial charge in [-0.05, 0) is 85.7 Å². The second-order valence-electron chi connectivity index (χ2n) is 9.56. The van der Waals surface area contributed by atoms with Gasteiger partial charge in [-0.3, -0.25) is 15.1 Å². The number of benzene rings is 2. The van der Waals surface area contributed by atoms with Crippen LogP contribution < -0.4 is 10.2 Å². The first kappa shape index (κ1) is 25.5. The average Bonchev–Trinajstić information content (AvgIpc) is 3.71. The first-order valence-corrected chi connectivity index (χ1v) is 14.1. The molecular formula is C29H27N5O3S2. The molecule has 0 saturated carbocycles. The second-order valence-corrected chi connectivity index (χ2v) is 11.1. The van der Waals surface area contributed by atoms with Crippen molar-refractivity contribution in [1.82, 2.24) is 14.9 Å². The van der Waals surface area contributed by atoms with Gasteiger partial charge in [-0.15, -0.1) is 0 Å². The first-order chi connectivity index (χ1) is 19.1. The number of rotatable bonds is 8. The number of thiocarbonyl (C=S) groups is 1. The fraction of sp³-hybridized carbons (Fsp3) is 0.241. The molecule has 0 radical (unpaired) electrons. The van der Waals surface area contributed by atoms with Crippen LogP contribution in [0.15, 0.2) is 101 Å². The van der Waals surface area contributed by atoms with Gasteiger partial charge in [0.25, 0.3) is 5.69 Å². The second kappa shape index (κ2) is 11.2. The van der Waals surface area contributed by atoms with E-state index >= 15 is 0 Å². The Morgan fingerprint density at radius 2 is 1.82 bits per heavy atom. The summed E-state index contributed by atoms with van der Waals surface area (Å²) in [7, 11) is 0. The third-order valence-electron chi connectivity index (χ3n) is 7.09. The van der Waals surface area contributed by atoms with Crippen LogP contribution in [0.4, 0.5) is 11.4 Å². The van der Waals surface area contributed by atoms with Crippen LogP contribution >= 0.6 is 24.0 Å². The van der Waals surface area contributed by atoms with Crippen molar-refractivity contribution in [3.63, 3.8) is 0 Å². The van der Waals surface area contributed by atoms with Crippen LogP contribution in [0, 0.1) is 10.1 Å². The first-order valence-electron chi connectivity index (χ1n) is 12.9. The van der Waals surface area contributed by atoms with E-state index in [4.69, 9.17) is 17.0 Å². The molecule has 0 spiro atoms. The van der Waals surface area contributed by atoms with Gasteiger partial charge in [0.05, 0.1) is 22.8 Å². The third-order valence-corrected chi connectivity index (χ3v) is 8.42. The lowest BCUT2D eigenvalue weighted by atomic mass is 10.0. The fourth-order valence-electron chi connectivity index (χ4n) is 5.25. The average molecular weight is 558 g/mol. The van der Waals surface area contributed by atoms with Crippen molar-refractivity contribution in [2.24, 2.45) is 0 Å². The van der Waals surface area contributed by atoms with E-state index < -0.39 is 0 Å². The molecule has 3 atom stereocenters. The van der Waals surface area contributed by atoms with E-state index in [1.807, 2.05) is 24.4 Å². The SMILES string of the molecule is O=[N+]([O-])c1ccc(Sc2ccc(N3C(=S)N[C@@H](c4ccccn4)[C@H]3c3cccn3C[C@@H]3CCCO3)cc2)cc1. The molecule has 0 aliphatic carbocycles. The summed E-state index contributed by atoms with van der Waals surface area (Å²) in [6.07, 6.45) is 6.32. The molecule has 2 aliphatic rings. The molecule has 0 unspecified atom stereocenters. The highest BCUT2D eigenvalue weighted by molar-refractivity contribution is 7.99. The van der Waals surface area contributed by atoms with Gasteiger partial charge in [-0.25, -0.2) is 0 Å². The molecule has 4 heterocycles. The Morgan fingerprint density at radius 1 is 1.05 bits per heavy atom. The van der Waals surface area contributed by atoms with E-state index in [0.717, 1.165) is 52.9 Å². The van der Waals surface area contributed by atoms with E-state index in [1.54, 1.807) is 23.9 Å². The topological polar surface area (TPSA) is 85.5 Å². The lowest BCUT2D eigenvalue weighted by Gasteiger charge is -2.29. The number of nitro groups is 1. The number of nitrogens with one attached hydrogen (secondary N) is 1. The van der Waals surface area contributed by atoms with Gasteiger partial charge in [0.2, 0.25) is 0 Å². The quantitative estimate of drug-likeness (QED) is 0.154. The minimum Gasteiger partial charge on any atom is -0.376 e. The van der Waals surface area contributed by atoms with Crippen molar-refractivity contribution in [2.45, 2.75) is 47.4 Å². The number of nitrogens with zero attached hydrogens (tertiary/aromatic N) is 4. The van der Waals surface area contributed by atoms with Crippen LogP contribution in [0.3, 0.4) is 0 Å². The fourth-order valence-corrected chi connectivity index (χ4v) is 6.41. The molecule has 0 bridgehead atoms. The van der Waals surface area contributed by atoms with Gasteiger partial charge in [0.1, 0.15) is 6.04 Å². The maximum Gasteiger partial charge on any atom is 0.269 e. The van der Waals surface area contributed by atoms with Crippen molar-refractivity contribution in [2.75, 3.05) is 11.5 Å². The standard InChI is InChI=1S/C29H27N5O3S2/c35-34(36)21-10-14-24(15-11-21)39-23-12-8-20(9-13-23)33-28(27(31-29(33)38)25-6-1-2-16-30-25)26-7-3-17-32(26)19-22-5-4-18-37-22/h1-3,6-17,22,27-28H,4-5,18-19H2,(H,31,38)/t22-,27-,28+/m0/s1. The van der Waals surface area contributed by atoms with Gasteiger partial charge in [0, 0.05) is 58.9 Å². The van der Waals surface area contributed by atoms with Crippen LogP contribution in [0.5, 0.6) is 0 Å². The Morgan fingerprint density at radius 3 is 2.49 bits per heavy atom. The van der Waals surface area contributed by atoms with Crippen molar-refractivity contribution in [3.8, 4) is 0 Å². The molecule has 6 rings (SSSR count). The van der Waals surface area contributed by atoms with Crippen LogP contribution in [-0.4, -0.2) is 32.3 Å². The van der Waals surface area contributed by atoms with Gasteiger partial charge in [-0.2, -0.15) is 0 Å². The number of pyridine rings is 1. The summed E-state index contributed by atoms with van der Waals surface area (Å²) in [5, 5.41) is 15.1. The van der Waals surface area contributed by atoms with Gasteiger partial charge in [-0.1, -0.05) is 17.8 Å². The summed E-state index contributed by atoms with van der Waals surface area (Å²) in [5.74, 6) is 0. The molecule has 2 saturated heterocycles. The number of ether oxygens (including phenoxy) is 1. The number of nitro benzene ring substituents is 1. The van der Waals surface area contributed by atoms with Crippen molar-refractivity contribution >= 4 is 40.5 Å². The Balaban J connectivity index is 1.30. The number of anilines is 1. The smallest absolute Gasteiger partial charge is 0.269 e. The van der Waals surface area contributed by atoms with Crippen LogP contribution in [0.2, 0.25) is 0 Å². The maximum absolute atomic E-state index is 11.0. The summed E-state index contributed by atoms with van der Waals surface area (Å²) >= 11 is 7.46. The highest BCUT2D eigenvalue weighted by Gasteiger charge is 2.42. The molecule has 10 heteroatoms. The van der Waals surface area contributed by atoms with Crippen LogP contribution in [0.25, 0.3) is 0 Å². The molecule has 2 fully saturated rings. The molecule has 198 valence electrons. The Hall–Kier alpha value is -3.73. The molecule has 0 amide bonds. The van der Waals surface area contributed by atoms with E-state index in [0.29, 0.717) is 5.11 Å². The molecule has 2 aromatic carbocycles. The molecular weight excluding hydrogens is 530 g/mol. The van der Waals surface area contributed by atoms with Gasteiger partial charge in [0.15, 0.2) is 5.11 Å². The zero-order chi connectivity index (χ0) is 26.8. The molecule has 2 aromatic heterocycles. The van der Waals surface area contributed by atoms with E-state index in [9.17, 15) is 10.1 Å². The Kier molecular flexibility index (Phi) is 7.32. The zero-order valence-corrected chi connectivity index (χ0v) is 22.7. The van der Waals surface area contributed by atoms with Crippen LogP contribution in [0.1, 0.15) is 36.3 Å². The number of hydrogen-bond donors (Lipinski definition) is 1. The zero-order valence-electron chi connectivity index (χ0n) is 21.1. The highest BCUT2D eigenvalue weighted by Crippen LogP contribution is 2.42. The molecule has 39 heavy (non-hydrogen) atoms. The summed E-state index contributed by atoms with van der Waals surface area (Å²) in [6.45, 7) is 1.63. The van der Waals surface area contributed by atoms with E-state index in [2.05, 4.69) is 62.4 Å². The van der Waals surface area contributed by atoms with E-state index in [-0.39, 0.29) is 28.8 Å². The maximum atomic E-state index is 11.0. The predicted octanol–water partition coefficient (Wildman–Crippen LogP) is 6.30. The van der Waals surface area contributed by atoms with Crippen molar-refractivity contribution in [3.05, 3.63) is 113 Å². The van der Waals surface area contributed by atoms with Crippen molar-refractivity contribution < 1.29 is 9.66 Å². The highest BCUT2D eigenvalue weighted by atomic mass is 32.2. The predicted molar refractivity (Wildman–Crippen MR) is 155 cm³/mol. The number of hydrogen-bond acceptors (Lipinski definition) is 6. The van der Waals surface area contributed by atoms with Crippen LogP contribution in [-0.2, 0) is 11.3 Å². The molecule has 2 aliphatic heterocycles. The summed E-state index contributed by atoms with van der Waals surface area (Å²) in [5.41, 5.74) is 3.15. The Bertz CT molecular complexity index is 1450. The monoisotopic (exact) mass is 557 g/mol. The van der Waals surface area contributed by atoms with E-state index in [1.165, 1.54) is 12.1 Å². The number of non-ortho nitro benzene ring substituents is 1. The normalized spacial score (nSPS) is 20.8. The lowest BCUT2D eigenvalue weighted by Crippen LogP contribution is -2.31. The minimum absolute atomic E-state index is 0.0856.